The summed E-state index contributed by atoms with van der Waals surface area (Å²) >= 11 is 0. The first-order chi connectivity index (χ1) is 17.8. The van der Waals surface area contributed by atoms with E-state index in [1.807, 2.05) is 34.9 Å². The second-order valence-electron chi connectivity index (χ2n) is 11.4. The van der Waals surface area contributed by atoms with Crippen LogP contribution in [0.15, 0.2) is 30.3 Å². The Labute approximate surface area is 218 Å². The molecular formula is C29H36N4O4. The molecule has 0 aromatic heterocycles. The van der Waals surface area contributed by atoms with Gasteiger partial charge < -0.3 is 25.0 Å². The number of amides is 3. The van der Waals surface area contributed by atoms with Crippen molar-refractivity contribution in [3.63, 3.8) is 0 Å². The molecule has 2 N–H and O–H groups in total. The van der Waals surface area contributed by atoms with Gasteiger partial charge in [0.1, 0.15) is 5.75 Å². The number of nitrogens with two attached hydrogens (primary N) is 1. The molecule has 1 aliphatic carbocycles. The Kier molecular flexibility index (Phi) is 5.82. The Morgan fingerprint density at radius 2 is 1.76 bits per heavy atom. The molecule has 196 valence electrons. The third-order valence-corrected chi connectivity index (χ3v) is 8.86. The molecule has 1 spiro atoms. The highest BCUT2D eigenvalue weighted by Gasteiger charge is 2.49. The third kappa shape index (κ3) is 4.02. The van der Waals surface area contributed by atoms with E-state index in [-0.39, 0.29) is 23.9 Å². The van der Waals surface area contributed by atoms with Crippen molar-refractivity contribution in [2.75, 3.05) is 43.2 Å². The van der Waals surface area contributed by atoms with Crippen molar-refractivity contribution < 1.29 is 19.1 Å². The van der Waals surface area contributed by atoms with Crippen molar-refractivity contribution >= 4 is 29.0 Å². The minimum absolute atomic E-state index is 0.0232. The van der Waals surface area contributed by atoms with E-state index in [2.05, 4.69) is 24.0 Å². The number of rotatable bonds is 5. The first-order valence-electron chi connectivity index (χ1n) is 13.3. The van der Waals surface area contributed by atoms with Crippen LogP contribution < -0.4 is 20.3 Å². The summed E-state index contributed by atoms with van der Waals surface area (Å²) in [5.41, 5.74) is 12.2. The van der Waals surface area contributed by atoms with Crippen LogP contribution in [0, 0.1) is 25.2 Å². The normalized spacial score (nSPS) is 24.4. The molecule has 37 heavy (non-hydrogen) atoms. The van der Waals surface area contributed by atoms with E-state index in [1.54, 1.807) is 7.11 Å². The lowest BCUT2D eigenvalue weighted by Gasteiger charge is -2.56. The maximum absolute atomic E-state index is 14.2. The minimum Gasteiger partial charge on any atom is -0.496 e. The summed E-state index contributed by atoms with van der Waals surface area (Å²) in [6, 6.07) is 10.5. The highest BCUT2D eigenvalue weighted by atomic mass is 16.5. The van der Waals surface area contributed by atoms with Gasteiger partial charge in [0.05, 0.1) is 43.7 Å². The molecule has 1 saturated carbocycles. The van der Waals surface area contributed by atoms with Gasteiger partial charge in [-0.1, -0.05) is 6.07 Å². The summed E-state index contributed by atoms with van der Waals surface area (Å²) in [4.78, 5) is 32.2. The topological polar surface area (TPSA) is 88.3 Å². The fourth-order valence-corrected chi connectivity index (χ4v) is 6.51. The van der Waals surface area contributed by atoms with Crippen LogP contribution in [-0.2, 0) is 16.1 Å². The number of carbonyl (C=O) groups excluding carboxylic acids is 2. The van der Waals surface area contributed by atoms with Crippen LogP contribution in [0.25, 0.3) is 0 Å². The van der Waals surface area contributed by atoms with E-state index in [0.717, 1.165) is 80.4 Å². The molecule has 3 fully saturated rings. The van der Waals surface area contributed by atoms with E-state index in [4.69, 9.17) is 15.2 Å². The molecule has 8 nitrogen and oxygen atoms in total. The number of urea groups is 1. The summed E-state index contributed by atoms with van der Waals surface area (Å²) in [6.45, 7) is 8.39. The van der Waals surface area contributed by atoms with Gasteiger partial charge in [-0.25, -0.2) is 4.79 Å². The molecule has 0 atom stereocenters. The fraction of sp³-hybridized carbons (Fsp3) is 0.517. The Bertz CT molecular complexity index is 1240. The lowest BCUT2D eigenvalue weighted by atomic mass is 9.77. The van der Waals surface area contributed by atoms with Crippen LogP contribution in [-0.4, -0.2) is 56.3 Å². The van der Waals surface area contributed by atoms with E-state index in [9.17, 15) is 9.59 Å². The predicted octanol–water partition coefficient (Wildman–Crippen LogP) is 4.27. The molecule has 3 amide bonds. The minimum atomic E-state index is -0.230. The van der Waals surface area contributed by atoms with Crippen molar-refractivity contribution in [3.05, 3.63) is 47.0 Å². The largest absolute Gasteiger partial charge is 0.496 e. The number of anilines is 3. The van der Waals surface area contributed by atoms with Crippen molar-refractivity contribution in [2.24, 2.45) is 17.1 Å². The van der Waals surface area contributed by atoms with Gasteiger partial charge in [-0.3, -0.25) is 9.69 Å². The summed E-state index contributed by atoms with van der Waals surface area (Å²) in [7, 11) is 1.66. The van der Waals surface area contributed by atoms with E-state index in [0.29, 0.717) is 12.0 Å². The predicted molar refractivity (Wildman–Crippen MR) is 142 cm³/mol. The van der Waals surface area contributed by atoms with Crippen molar-refractivity contribution in [3.8, 4) is 5.75 Å². The van der Waals surface area contributed by atoms with Crippen LogP contribution in [0.4, 0.5) is 21.9 Å². The lowest BCUT2D eigenvalue weighted by Crippen LogP contribution is -2.66. The number of hydrogen-bond acceptors (Lipinski definition) is 5. The number of fused-ring (bicyclic) bond motifs is 1. The number of ether oxygens (including phenoxy) is 2. The number of hydrogen-bond donors (Lipinski definition) is 1. The summed E-state index contributed by atoms with van der Waals surface area (Å²) in [5, 5.41) is 0. The second kappa shape index (κ2) is 8.94. The van der Waals surface area contributed by atoms with Crippen molar-refractivity contribution in [1.29, 1.82) is 0 Å². The second-order valence-corrected chi connectivity index (χ2v) is 11.4. The third-order valence-electron chi connectivity index (χ3n) is 8.86. The van der Waals surface area contributed by atoms with Crippen molar-refractivity contribution in [1.82, 2.24) is 4.90 Å². The molecule has 0 radical (unpaired) electrons. The number of methoxy groups -OCH3 is 1. The van der Waals surface area contributed by atoms with E-state index < -0.39 is 0 Å². The zero-order valence-corrected chi connectivity index (χ0v) is 22.0. The summed E-state index contributed by atoms with van der Waals surface area (Å²) < 4.78 is 11.1. The van der Waals surface area contributed by atoms with Crippen molar-refractivity contribution in [2.45, 2.75) is 52.1 Å². The molecule has 3 aliphatic heterocycles. The molecule has 2 saturated heterocycles. The van der Waals surface area contributed by atoms with Crippen LogP contribution >= 0.6 is 0 Å². The SMILES string of the molecule is COc1cc(N2C(=O)N(C3CCC(C(N)=O)CC3)Cc3c(C)cc(N4CC5(COC5)C4)cc32)ccc1C. The lowest BCUT2D eigenvalue weighted by molar-refractivity contribution is -0.127. The fourth-order valence-electron chi connectivity index (χ4n) is 6.51. The molecule has 2 aromatic rings. The monoisotopic (exact) mass is 504 g/mol. The average molecular weight is 505 g/mol. The number of carbonyl (C=O) groups is 2. The van der Waals surface area contributed by atoms with E-state index in [1.165, 1.54) is 11.1 Å². The highest BCUT2D eigenvalue weighted by molar-refractivity contribution is 6.03. The van der Waals surface area contributed by atoms with Gasteiger partial charge >= 0.3 is 6.03 Å². The summed E-state index contributed by atoms with van der Waals surface area (Å²) in [6.07, 6.45) is 3.03. The van der Waals surface area contributed by atoms with Gasteiger partial charge in [0.2, 0.25) is 5.91 Å². The number of benzene rings is 2. The molecule has 0 unspecified atom stereocenters. The number of aryl methyl sites for hydroxylation is 2. The van der Waals surface area contributed by atoms with Gasteiger partial charge in [-0.05, 0) is 74.4 Å². The molecule has 3 heterocycles. The smallest absolute Gasteiger partial charge is 0.329 e. The first-order valence-corrected chi connectivity index (χ1v) is 13.3. The Balaban J connectivity index is 1.38. The molecule has 8 heteroatoms. The first kappa shape index (κ1) is 24.1. The number of primary amides is 1. The Morgan fingerprint density at radius 1 is 1.03 bits per heavy atom. The Morgan fingerprint density at radius 3 is 2.38 bits per heavy atom. The van der Waals surface area contributed by atoms with Gasteiger partial charge in [0.15, 0.2) is 0 Å². The quantitative estimate of drug-likeness (QED) is 0.657. The molecule has 4 aliphatic rings. The van der Waals surface area contributed by atoms with E-state index >= 15 is 0 Å². The zero-order chi connectivity index (χ0) is 25.9. The highest BCUT2D eigenvalue weighted by Crippen LogP contribution is 2.46. The zero-order valence-electron chi connectivity index (χ0n) is 22.0. The molecule has 0 bridgehead atoms. The van der Waals surface area contributed by atoms with Gasteiger partial charge in [0, 0.05) is 36.8 Å². The van der Waals surface area contributed by atoms with Gasteiger partial charge in [0.25, 0.3) is 0 Å². The Hall–Kier alpha value is -3.26. The maximum Gasteiger partial charge on any atom is 0.329 e. The molecule has 2 aromatic carbocycles. The standard InChI is InChI=1S/C29H36N4O4/c1-18-4-7-22(12-26(18)36-3)33-25-11-23(31-14-29(15-31)16-37-17-29)10-19(2)24(25)13-32(28(33)35)21-8-5-20(6-9-21)27(30)34/h4,7,10-12,20-21H,5-6,8-9,13-17H2,1-3H3,(H2,30,34). The average Bonchev–Trinajstić information content (AvgIpc) is 2.83. The van der Waals surface area contributed by atoms with Gasteiger partial charge in [-0.2, -0.15) is 0 Å². The van der Waals surface area contributed by atoms with Crippen LogP contribution in [0.5, 0.6) is 5.75 Å². The molecule has 6 rings (SSSR count). The summed E-state index contributed by atoms with van der Waals surface area (Å²) in [5.74, 6) is 0.436. The van der Waals surface area contributed by atoms with Gasteiger partial charge in [-0.15, -0.1) is 0 Å². The maximum atomic E-state index is 14.2. The van der Waals surface area contributed by atoms with Crippen LogP contribution in [0.3, 0.4) is 0 Å². The van der Waals surface area contributed by atoms with Crippen LogP contribution in [0.1, 0.15) is 42.4 Å². The number of nitrogens with zero attached hydrogens (tertiary/aromatic N) is 3. The van der Waals surface area contributed by atoms with Crippen LogP contribution in [0.2, 0.25) is 0 Å². The molecular weight excluding hydrogens is 468 g/mol.